The van der Waals surface area contributed by atoms with Crippen LogP contribution in [-0.4, -0.2) is 12.1 Å². The van der Waals surface area contributed by atoms with Gasteiger partial charge in [0, 0.05) is 5.39 Å². The Morgan fingerprint density at radius 3 is 2.75 bits per heavy atom. The molecule has 0 aliphatic heterocycles. The molecule has 1 amide bonds. The summed E-state index contributed by atoms with van der Waals surface area (Å²) in [6.07, 6.45) is 1.42. The van der Waals surface area contributed by atoms with Crippen LogP contribution in [0.4, 0.5) is 0 Å². The van der Waals surface area contributed by atoms with Gasteiger partial charge in [-0.2, -0.15) is 5.10 Å². The highest BCUT2D eigenvalue weighted by molar-refractivity contribution is 9.10. The largest absolute Gasteiger partial charge is 0.451 e. The van der Waals surface area contributed by atoms with E-state index in [1.165, 1.54) is 6.21 Å². The van der Waals surface area contributed by atoms with Crippen molar-refractivity contribution in [3.05, 3.63) is 70.8 Å². The number of hydrazone groups is 1. The number of carbonyl (C=O) groups is 1. The third kappa shape index (κ3) is 2.72. The summed E-state index contributed by atoms with van der Waals surface area (Å²) in [4.78, 5) is 12.2. The molecule has 6 heteroatoms. The van der Waals surface area contributed by atoms with Gasteiger partial charge in [0.1, 0.15) is 11.3 Å². The smallest absolute Gasteiger partial charge is 0.307 e. The summed E-state index contributed by atoms with van der Waals surface area (Å²) in [5, 5.41) is 6.90. The zero-order valence-corrected chi connectivity index (χ0v) is 13.9. The Morgan fingerprint density at radius 2 is 1.92 bits per heavy atom. The molecule has 0 aliphatic rings. The number of nitrogens with one attached hydrogen (secondary N) is 1. The molecular formula is C18H11BrN2O3. The number of hydrogen-bond acceptors (Lipinski definition) is 4. The lowest BCUT2D eigenvalue weighted by Gasteiger charge is -1.96. The molecule has 0 bridgehead atoms. The lowest BCUT2D eigenvalue weighted by atomic mass is 10.1. The molecule has 0 spiro atoms. The number of halogens is 1. The van der Waals surface area contributed by atoms with Gasteiger partial charge in [0.25, 0.3) is 0 Å². The average molecular weight is 383 g/mol. The van der Waals surface area contributed by atoms with Gasteiger partial charge >= 0.3 is 5.91 Å². The third-order valence-electron chi connectivity index (χ3n) is 3.60. The lowest BCUT2D eigenvalue weighted by molar-refractivity contribution is 0.0929. The van der Waals surface area contributed by atoms with Crippen LogP contribution in [0.5, 0.6) is 0 Å². The fourth-order valence-electron chi connectivity index (χ4n) is 2.51. The molecule has 4 aromatic rings. The van der Waals surface area contributed by atoms with Crippen LogP contribution in [0.15, 0.2) is 73.2 Å². The van der Waals surface area contributed by atoms with E-state index >= 15 is 0 Å². The first-order chi connectivity index (χ1) is 11.7. The van der Waals surface area contributed by atoms with Gasteiger partial charge in [0.05, 0.1) is 6.21 Å². The van der Waals surface area contributed by atoms with E-state index in [1.807, 2.05) is 36.4 Å². The molecular weight excluding hydrogens is 372 g/mol. The number of amides is 1. The van der Waals surface area contributed by atoms with Gasteiger partial charge in [-0.3, -0.25) is 4.79 Å². The first-order valence-electron chi connectivity index (χ1n) is 7.21. The van der Waals surface area contributed by atoms with Crippen LogP contribution in [0.1, 0.15) is 16.3 Å². The molecule has 2 aromatic carbocycles. The van der Waals surface area contributed by atoms with Gasteiger partial charge in [-0.05, 0) is 51.0 Å². The minimum atomic E-state index is -0.419. The summed E-state index contributed by atoms with van der Waals surface area (Å²) in [6.45, 7) is 0. The van der Waals surface area contributed by atoms with Crippen molar-refractivity contribution in [3.63, 3.8) is 0 Å². The SMILES string of the molecule is O=C(N/N=C\c1ccc(Br)o1)c1cc2c(ccc3ccccc32)o1. The quantitative estimate of drug-likeness (QED) is 0.412. The standard InChI is InChI=1S/C18H11BrN2O3/c19-17-8-6-12(23-17)10-20-21-18(22)16-9-14-13-4-2-1-3-11(13)5-7-15(14)24-16/h1-10H,(H,21,22)/b20-10-. The van der Waals surface area contributed by atoms with Crippen LogP contribution >= 0.6 is 15.9 Å². The first kappa shape index (κ1) is 14.7. The minimum Gasteiger partial charge on any atom is -0.451 e. The molecule has 0 fully saturated rings. The van der Waals surface area contributed by atoms with E-state index in [0.717, 1.165) is 16.2 Å². The molecule has 0 atom stereocenters. The number of nitrogens with zero attached hydrogens (tertiary/aromatic N) is 1. The zero-order valence-electron chi connectivity index (χ0n) is 12.3. The molecule has 0 radical (unpaired) electrons. The lowest BCUT2D eigenvalue weighted by Crippen LogP contribution is -2.16. The molecule has 0 aliphatic carbocycles. The fraction of sp³-hybridized carbons (Fsp3) is 0. The molecule has 2 aromatic heterocycles. The van der Waals surface area contributed by atoms with Crippen molar-refractivity contribution >= 4 is 49.8 Å². The van der Waals surface area contributed by atoms with Crippen LogP contribution < -0.4 is 5.43 Å². The maximum atomic E-state index is 12.2. The van der Waals surface area contributed by atoms with E-state index in [9.17, 15) is 4.79 Å². The second kappa shape index (κ2) is 5.98. The maximum absolute atomic E-state index is 12.2. The van der Waals surface area contributed by atoms with Gasteiger partial charge in [0.2, 0.25) is 0 Å². The molecule has 2 heterocycles. The second-order valence-corrected chi connectivity index (χ2v) is 5.93. The van der Waals surface area contributed by atoms with E-state index in [0.29, 0.717) is 16.0 Å². The molecule has 0 saturated heterocycles. The minimum absolute atomic E-state index is 0.208. The number of benzene rings is 2. The Morgan fingerprint density at radius 1 is 1.04 bits per heavy atom. The number of furan rings is 2. The Bertz CT molecular complexity index is 1080. The number of fused-ring (bicyclic) bond motifs is 3. The molecule has 24 heavy (non-hydrogen) atoms. The Balaban J connectivity index is 1.60. The fourth-order valence-corrected chi connectivity index (χ4v) is 2.83. The van der Waals surface area contributed by atoms with Crippen LogP contribution in [0.3, 0.4) is 0 Å². The van der Waals surface area contributed by atoms with Crippen LogP contribution in [-0.2, 0) is 0 Å². The van der Waals surface area contributed by atoms with Gasteiger partial charge in [-0.25, -0.2) is 5.43 Å². The van der Waals surface area contributed by atoms with Crippen molar-refractivity contribution in [1.82, 2.24) is 5.43 Å². The summed E-state index contributed by atoms with van der Waals surface area (Å²) in [7, 11) is 0. The van der Waals surface area contributed by atoms with Crippen LogP contribution in [0, 0.1) is 0 Å². The highest BCUT2D eigenvalue weighted by Crippen LogP contribution is 2.28. The first-order valence-corrected chi connectivity index (χ1v) is 8.00. The van der Waals surface area contributed by atoms with Crippen molar-refractivity contribution in [3.8, 4) is 0 Å². The molecule has 0 saturated carbocycles. The maximum Gasteiger partial charge on any atom is 0.307 e. The van der Waals surface area contributed by atoms with Gasteiger partial charge in [0.15, 0.2) is 10.4 Å². The average Bonchev–Trinajstić information content (AvgIpc) is 3.21. The molecule has 0 unspecified atom stereocenters. The van der Waals surface area contributed by atoms with E-state index < -0.39 is 5.91 Å². The predicted molar refractivity (Wildman–Crippen MR) is 95.2 cm³/mol. The summed E-state index contributed by atoms with van der Waals surface area (Å²) in [5.74, 6) is 0.314. The van der Waals surface area contributed by atoms with Crippen LogP contribution in [0.2, 0.25) is 0 Å². The summed E-state index contributed by atoms with van der Waals surface area (Å²) < 4.78 is 11.5. The van der Waals surface area contributed by atoms with Crippen molar-refractivity contribution in [2.75, 3.05) is 0 Å². The summed E-state index contributed by atoms with van der Waals surface area (Å²) in [6, 6.07) is 17.0. The highest BCUT2D eigenvalue weighted by Gasteiger charge is 2.13. The van der Waals surface area contributed by atoms with Crippen molar-refractivity contribution in [2.24, 2.45) is 5.10 Å². The van der Waals surface area contributed by atoms with Gasteiger partial charge < -0.3 is 8.83 Å². The van der Waals surface area contributed by atoms with Crippen LogP contribution in [0.25, 0.3) is 21.7 Å². The second-order valence-electron chi connectivity index (χ2n) is 5.15. The Labute approximate surface area is 145 Å². The number of carbonyl (C=O) groups excluding carboxylic acids is 1. The van der Waals surface area contributed by atoms with Gasteiger partial charge in [-0.15, -0.1) is 0 Å². The van der Waals surface area contributed by atoms with Crippen molar-refractivity contribution < 1.29 is 13.6 Å². The number of rotatable bonds is 3. The van der Waals surface area contributed by atoms with Crippen molar-refractivity contribution in [1.29, 1.82) is 0 Å². The molecule has 5 nitrogen and oxygen atoms in total. The zero-order chi connectivity index (χ0) is 16.5. The summed E-state index contributed by atoms with van der Waals surface area (Å²) in [5.41, 5.74) is 3.09. The molecule has 1 N–H and O–H groups in total. The Hall–Kier alpha value is -2.86. The normalized spacial score (nSPS) is 11.5. The van der Waals surface area contributed by atoms with Gasteiger partial charge in [-0.1, -0.05) is 30.3 Å². The van der Waals surface area contributed by atoms with E-state index in [-0.39, 0.29) is 5.76 Å². The number of hydrogen-bond donors (Lipinski definition) is 1. The van der Waals surface area contributed by atoms with E-state index in [4.69, 9.17) is 8.83 Å². The monoisotopic (exact) mass is 382 g/mol. The Kier molecular flexibility index (Phi) is 3.66. The van der Waals surface area contributed by atoms with E-state index in [1.54, 1.807) is 18.2 Å². The summed E-state index contributed by atoms with van der Waals surface area (Å²) >= 11 is 3.20. The van der Waals surface area contributed by atoms with Crippen molar-refractivity contribution in [2.45, 2.75) is 0 Å². The van der Waals surface area contributed by atoms with E-state index in [2.05, 4.69) is 26.5 Å². The third-order valence-corrected chi connectivity index (χ3v) is 4.03. The topological polar surface area (TPSA) is 67.7 Å². The predicted octanol–water partition coefficient (Wildman–Crippen LogP) is 4.71. The molecule has 118 valence electrons. The highest BCUT2D eigenvalue weighted by atomic mass is 79.9. The molecule has 4 rings (SSSR count).